The Morgan fingerprint density at radius 2 is 1.88 bits per heavy atom. The minimum absolute atomic E-state index is 0.0152. The van der Waals surface area contributed by atoms with E-state index in [-0.39, 0.29) is 34.4 Å². The van der Waals surface area contributed by atoms with E-state index < -0.39 is 39.5 Å². The van der Waals surface area contributed by atoms with Gasteiger partial charge in [-0.05, 0) is 54.9 Å². The number of aliphatic hydroxyl groups is 1. The standard InChI is InChI=1S/C21H17F3N6O3.C10H16O4S/c1-29-16(19(32)30-5-3-13(31)10-30)8-12-7-15(26-9-17(12)29)14-6-11(2-4-25-14)18-27-20(33-28-18)21(22,23)24;1-9(2)7-3-4-10(9,8(11)5-7)6-15(12,13)14/h2,4,6-9,13,31H,3,5,10H2,1H3;7H,3-6H2,1-2H3,(H,12,13,14)/t13-;/m0./s1. The molecule has 13 nitrogen and oxygen atoms in total. The van der Waals surface area contributed by atoms with Gasteiger partial charge in [-0.3, -0.25) is 24.1 Å². The molecule has 0 aromatic carbocycles. The van der Waals surface area contributed by atoms with Gasteiger partial charge in [-0.25, -0.2) is 0 Å². The van der Waals surface area contributed by atoms with Crippen LogP contribution < -0.4 is 0 Å². The van der Waals surface area contributed by atoms with E-state index in [0.29, 0.717) is 49.4 Å². The molecule has 2 saturated carbocycles. The van der Waals surface area contributed by atoms with E-state index in [1.54, 1.807) is 34.8 Å². The fraction of sp³-hybridized carbons (Fsp3) is 0.484. The summed E-state index contributed by atoms with van der Waals surface area (Å²) in [7, 11) is -2.32. The van der Waals surface area contributed by atoms with Crippen molar-refractivity contribution in [3.63, 3.8) is 0 Å². The number of carbonyl (C=O) groups is 2. The molecule has 2 bridgehead atoms. The Hall–Kier alpha value is -4.22. The lowest BCUT2D eigenvalue weighted by Gasteiger charge is -2.35. The zero-order chi connectivity index (χ0) is 34.8. The first kappa shape index (κ1) is 33.7. The van der Waals surface area contributed by atoms with Crippen molar-refractivity contribution in [2.24, 2.45) is 23.8 Å². The van der Waals surface area contributed by atoms with Crippen molar-refractivity contribution < 1.29 is 45.4 Å². The number of alkyl halides is 3. The second-order valence-corrected chi connectivity index (χ2v) is 14.6. The number of rotatable bonds is 5. The van der Waals surface area contributed by atoms with E-state index in [4.69, 9.17) is 4.55 Å². The van der Waals surface area contributed by atoms with Crippen LogP contribution in [0.5, 0.6) is 0 Å². The number of nitrogens with zero attached hydrogens (tertiary/aromatic N) is 6. The van der Waals surface area contributed by atoms with Gasteiger partial charge in [0.25, 0.3) is 16.0 Å². The molecule has 256 valence electrons. The van der Waals surface area contributed by atoms with Gasteiger partial charge < -0.3 is 19.1 Å². The lowest BCUT2D eigenvalue weighted by Crippen LogP contribution is -2.42. The molecule has 0 spiro atoms. The second-order valence-electron chi connectivity index (χ2n) is 13.2. The monoisotopic (exact) mass is 690 g/mol. The predicted octanol–water partition coefficient (Wildman–Crippen LogP) is 4.18. The van der Waals surface area contributed by atoms with Crippen molar-refractivity contribution in [1.82, 2.24) is 29.6 Å². The topological polar surface area (TPSA) is 182 Å². The van der Waals surface area contributed by atoms with E-state index in [1.165, 1.54) is 18.3 Å². The van der Waals surface area contributed by atoms with Crippen LogP contribution in [0.4, 0.5) is 13.2 Å². The Balaban J connectivity index is 0.000000223. The molecule has 5 heterocycles. The SMILES string of the molecule is CC1(C)C2CCC1(CS(=O)(=O)O)C(=O)C2.Cn1c(C(=O)N2CC[C@H](O)C2)cc2cc(-c3cc(-c4noc(C(F)(F)F)n4)ccn3)ncc21. The van der Waals surface area contributed by atoms with Crippen molar-refractivity contribution in [2.45, 2.75) is 51.8 Å². The molecule has 2 aliphatic carbocycles. The van der Waals surface area contributed by atoms with Gasteiger partial charge in [0.2, 0.25) is 5.82 Å². The molecular weight excluding hydrogens is 657 g/mol. The van der Waals surface area contributed by atoms with Crippen molar-refractivity contribution in [3.05, 3.63) is 48.2 Å². The maximum Gasteiger partial charge on any atom is 0.471 e. The molecule has 3 fully saturated rings. The van der Waals surface area contributed by atoms with Crippen LogP contribution in [0, 0.1) is 16.7 Å². The fourth-order valence-electron chi connectivity index (χ4n) is 7.25. The van der Waals surface area contributed by atoms with E-state index in [1.807, 2.05) is 13.8 Å². The average molecular weight is 691 g/mol. The first-order valence-electron chi connectivity index (χ1n) is 15.2. The highest BCUT2D eigenvalue weighted by atomic mass is 32.2. The first-order chi connectivity index (χ1) is 22.4. The number of pyridine rings is 2. The zero-order valence-electron chi connectivity index (χ0n) is 26.2. The summed E-state index contributed by atoms with van der Waals surface area (Å²) in [6.07, 6.45) is 0.294. The summed E-state index contributed by atoms with van der Waals surface area (Å²) in [5, 5.41) is 13.9. The van der Waals surface area contributed by atoms with Crippen LogP contribution in [-0.2, 0) is 28.1 Å². The molecule has 1 aliphatic heterocycles. The van der Waals surface area contributed by atoms with Gasteiger partial charge in [-0.15, -0.1) is 0 Å². The lowest BCUT2D eigenvalue weighted by atomic mass is 9.70. The summed E-state index contributed by atoms with van der Waals surface area (Å²) >= 11 is 0. The quantitative estimate of drug-likeness (QED) is 0.287. The number of aliphatic hydroxyl groups excluding tert-OH is 1. The highest BCUT2D eigenvalue weighted by molar-refractivity contribution is 7.85. The fourth-order valence-corrected chi connectivity index (χ4v) is 8.55. The third-order valence-corrected chi connectivity index (χ3v) is 11.0. The Morgan fingerprint density at radius 3 is 2.46 bits per heavy atom. The first-order valence-corrected chi connectivity index (χ1v) is 16.8. The maximum atomic E-state index is 12.9. The van der Waals surface area contributed by atoms with E-state index in [0.717, 1.165) is 17.3 Å². The minimum atomic E-state index is -4.73. The average Bonchev–Trinajstić information content (AvgIpc) is 3.82. The van der Waals surface area contributed by atoms with Crippen LogP contribution in [0.15, 0.2) is 41.2 Å². The van der Waals surface area contributed by atoms with Crippen LogP contribution >= 0.6 is 0 Å². The summed E-state index contributed by atoms with van der Waals surface area (Å²) in [5.74, 6) is -1.92. The molecule has 2 unspecified atom stereocenters. The van der Waals surface area contributed by atoms with Crippen LogP contribution in [-0.4, -0.2) is 84.3 Å². The Labute approximate surface area is 272 Å². The molecule has 48 heavy (non-hydrogen) atoms. The van der Waals surface area contributed by atoms with Crippen molar-refractivity contribution in [3.8, 4) is 22.8 Å². The summed E-state index contributed by atoms with van der Waals surface area (Å²) in [5.41, 5.74) is 1.22. The summed E-state index contributed by atoms with van der Waals surface area (Å²) in [4.78, 5) is 38.4. The van der Waals surface area contributed by atoms with Gasteiger partial charge in [0.15, 0.2) is 0 Å². The lowest BCUT2D eigenvalue weighted by molar-refractivity contribution is -0.159. The number of ketones is 1. The van der Waals surface area contributed by atoms with Gasteiger partial charge in [0, 0.05) is 43.7 Å². The zero-order valence-corrected chi connectivity index (χ0v) is 27.0. The smallest absolute Gasteiger partial charge is 0.391 e. The number of hydrogen-bond acceptors (Lipinski definition) is 10. The Kier molecular flexibility index (Phi) is 8.23. The molecule has 0 radical (unpaired) electrons. The maximum absolute atomic E-state index is 12.9. The summed E-state index contributed by atoms with van der Waals surface area (Å²) < 4.78 is 75.3. The van der Waals surface area contributed by atoms with Gasteiger partial charge in [0.05, 0.1) is 40.4 Å². The van der Waals surface area contributed by atoms with Crippen LogP contribution in [0.1, 0.15) is 55.9 Å². The number of amides is 1. The van der Waals surface area contributed by atoms with Gasteiger partial charge in [-0.2, -0.15) is 26.6 Å². The largest absolute Gasteiger partial charge is 0.471 e. The predicted molar refractivity (Wildman–Crippen MR) is 164 cm³/mol. The van der Waals surface area contributed by atoms with Crippen LogP contribution in [0.3, 0.4) is 0 Å². The van der Waals surface area contributed by atoms with Gasteiger partial charge in [0.1, 0.15) is 11.5 Å². The van der Waals surface area contributed by atoms with Crippen molar-refractivity contribution >= 4 is 32.7 Å². The molecule has 2 N–H and O–H groups in total. The third-order valence-electron chi connectivity index (χ3n) is 10.1. The number of hydrogen-bond donors (Lipinski definition) is 2. The number of halogens is 3. The molecule has 7 rings (SSSR count). The number of carbonyl (C=O) groups excluding carboxylic acids is 2. The summed E-state index contributed by atoms with van der Waals surface area (Å²) in [6.45, 7) is 4.68. The van der Waals surface area contributed by atoms with Crippen molar-refractivity contribution in [2.75, 3.05) is 18.8 Å². The molecule has 1 amide bonds. The normalized spacial score (nSPS) is 23.5. The van der Waals surface area contributed by atoms with E-state index in [9.17, 15) is 36.3 Å². The van der Waals surface area contributed by atoms with Gasteiger partial charge in [-0.1, -0.05) is 19.0 Å². The molecule has 17 heteroatoms. The highest BCUT2D eigenvalue weighted by Crippen LogP contribution is 2.64. The number of β-amino-alcohol motifs (C(OH)–C–C–N with tert-alkyl or cyclic N) is 1. The third kappa shape index (κ3) is 5.98. The molecular formula is C31H33F3N6O7S. The number of aromatic nitrogens is 5. The molecule has 4 aromatic heterocycles. The number of fused-ring (bicyclic) bond motifs is 3. The minimum Gasteiger partial charge on any atom is -0.391 e. The van der Waals surface area contributed by atoms with E-state index in [2.05, 4.69) is 24.6 Å². The van der Waals surface area contributed by atoms with Gasteiger partial charge >= 0.3 is 12.1 Å². The van der Waals surface area contributed by atoms with Crippen molar-refractivity contribution in [1.29, 1.82) is 0 Å². The number of likely N-dealkylation sites (tertiary alicyclic amines) is 1. The highest BCUT2D eigenvalue weighted by Gasteiger charge is 2.65. The van der Waals surface area contributed by atoms with Crippen LogP contribution in [0.2, 0.25) is 0 Å². The van der Waals surface area contributed by atoms with Crippen LogP contribution in [0.25, 0.3) is 33.7 Å². The summed E-state index contributed by atoms with van der Waals surface area (Å²) in [6, 6.07) is 6.47. The number of aryl methyl sites for hydroxylation is 1. The molecule has 3 aliphatic rings. The molecule has 3 atom stereocenters. The Morgan fingerprint density at radius 1 is 1.15 bits per heavy atom. The van der Waals surface area contributed by atoms with E-state index >= 15 is 0 Å². The Bertz CT molecular complexity index is 2030. The second kappa shape index (κ2) is 11.7. The number of Topliss-reactive ketones (excluding diaryl/α,β-unsaturated/α-hetero) is 1. The molecule has 4 aromatic rings. The molecule has 1 saturated heterocycles.